The molecular weight excluding hydrogens is 394 g/mol. The third-order valence-electron chi connectivity index (χ3n) is 6.30. The molecule has 1 aromatic heterocycles. The average molecular weight is 417 g/mol. The predicted molar refractivity (Wildman–Crippen MR) is 118 cm³/mol. The molecule has 2 aliphatic heterocycles. The maximum Gasteiger partial charge on any atom is 0.341 e. The highest BCUT2D eigenvalue weighted by Gasteiger charge is 2.26. The topological polar surface area (TPSA) is 82.8 Å². The van der Waals surface area contributed by atoms with Crippen LogP contribution in [0.2, 0.25) is 0 Å². The van der Waals surface area contributed by atoms with Gasteiger partial charge in [0.15, 0.2) is 0 Å². The van der Waals surface area contributed by atoms with E-state index in [0.29, 0.717) is 43.7 Å². The second kappa shape index (κ2) is 7.58. The highest BCUT2D eigenvalue weighted by molar-refractivity contribution is 5.96. The van der Waals surface area contributed by atoms with Gasteiger partial charge >= 0.3 is 5.97 Å². The Kier molecular flexibility index (Phi) is 4.73. The van der Waals surface area contributed by atoms with Gasteiger partial charge in [-0.05, 0) is 42.7 Å². The van der Waals surface area contributed by atoms with Crippen molar-refractivity contribution in [3.8, 4) is 0 Å². The molecule has 0 saturated carbocycles. The molecule has 2 aliphatic rings. The van der Waals surface area contributed by atoms with E-state index in [-0.39, 0.29) is 11.5 Å². The monoisotopic (exact) mass is 417 g/mol. The summed E-state index contributed by atoms with van der Waals surface area (Å²) >= 11 is 0. The van der Waals surface area contributed by atoms with Crippen molar-refractivity contribution in [3.05, 3.63) is 75.6 Å². The van der Waals surface area contributed by atoms with Crippen molar-refractivity contribution in [1.29, 1.82) is 0 Å². The molecule has 1 N–H and O–H groups in total. The van der Waals surface area contributed by atoms with Crippen molar-refractivity contribution in [2.75, 3.05) is 31.1 Å². The first kappa shape index (κ1) is 19.4. The van der Waals surface area contributed by atoms with E-state index in [1.165, 1.54) is 6.20 Å². The molecule has 0 spiro atoms. The molecule has 7 heteroatoms. The minimum absolute atomic E-state index is 0.0511. The lowest BCUT2D eigenvalue weighted by Gasteiger charge is -2.38. The number of pyridine rings is 1. The summed E-state index contributed by atoms with van der Waals surface area (Å²) in [7, 11) is 0. The summed E-state index contributed by atoms with van der Waals surface area (Å²) < 4.78 is 1.91. The van der Waals surface area contributed by atoms with Crippen LogP contribution in [0.5, 0.6) is 0 Å². The highest BCUT2D eigenvalue weighted by atomic mass is 16.4. The van der Waals surface area contributed by atoms with Gasteiger partial charge in [-0.25, -0.2) is 4.79 Å². The summed E-state index contributed by atoms with van der Waals surface area (Å²) in [5, 5.41) is 9.86. The predicted octanol–water partition coefficient (Wildman–Crippen LogP) is 2.61. The zero-order valence-electron chi connectivity index (χ0n) is 17.1. The molecular formula is C24H23N3O4. The average Bonchev–Trinajstić information content (AvgIpc) is 2.81. The van der Waals surface area contributed by atoms with Gasteiger partial charge in [0.25, 0.3) is 5.91 Å². The van der Waals surface area contributed by atoms with E-state index in [1.54, 1.807) is 6.07 Å². The second-order valence-corrected chi connectivity index (χ2v) is 8.08. The number of carbonyl (C=O) groups excluding carboxylic acids is 1. The van der Waals surface area contributed by atoms with Crippen LogP contribution in [0.4, 0.5) is 5.69 Å². The number of carboxylic acid groups (broad SMARTS) is 1. The van der Waals surface area contributed by atoms with Crippen molar-refractivity contribution >= 4 is 28.5 Å². The molecule has 1 amide bonds. The minimum atomic E-state index is -1.19. The Labute approximate surface area is 179 Å². The molecule has 0 bridgehead atoms. The number of aryl methyl sites for hydroxylation is 2. The number of aromatic carboxylic acids is 1. The third kappa shape index (κ3) is 3.26. The van der Waals surface area contributed by atoms with E-state index in [1.807, 2.05) is 45.9 Å². The number of piperazine rings is 1. The summed E-state index contributed by atoms with van der Waals surface area (Å²) in [6.45, 7) is 3.40. The van der Waals surface area contributed by atoms with E-state index < -0.39 is 11.4 Å². The van der Waals surface area contributed by atoms with Crippen LogP contribution in [0, 0.1) is 0 Å². The molecule has 3 aromatic rings. The lowest BCUT2D eigenvalue weighted by molar-refractivity contribution is 0.0693. The van der Waals surface area contributed by atoms with Crippen LogP contribution in [0.3, 0.4) is 0 Å². The van der Waals surface area contributed by atoms with Crippen molar-refractivity contribution < 1.29 is 14.7 Å². The first-order valence-electron chi connectivity index (χ1n) is 10.6. The molecule has 1 saturated heterocycles. The number of rotatable bonds is 3. The molecule has 2 aromatic carbocycles. The van der Waals surface area contributed by atoms with Crippen molar-refractivity contribution in [1.82, 2.24) is 9.47 Å². The fraction of sp³-hybridized carbons (Fsp3) is 0.292. The Morgan fingerprint density at radius 2 is 1.65 bits per heavy atom. The van der Waals surface area contributed by atoms with Gasteiger partial charge in [-0.15, -0.1) is 0 Å². The molecule has 0 atom stereocenters. The SMILES string of the molecule is O=C(O)c1cn2c3c(c(N4CCN(C(=O)c5ccccc5)CC4)ccc3c1=O)CCC2. The quantitative estimate of drug-likeness (QED) is 0.708. The molecule has 7 nitrogen and oxygen atoms in total. The van der Waals surface area contributed by atoms with Crippen LogP contribution in [-0.2, 0) is 13.0 Å². The number of hydrogen-bond acceptors (Lipinski definition) is 4. The van der Waals surface area contributed by atoms with Gasteiger partial charge in [0.05, 0.1) is 5.52 Å². The summed E-state index contributed by atoms with van der Waals surface area (Å²) in [5.41, 5.74) is 3.13. The molecule has 158 valence electrons. The van der Waals surface area contributed by atoms with Gasteiger partial charge in [-0.3, -0.25) is 9.59 Å². The standard InChI is InChI=1S/C24H23N3O4/c28-22-18-8-9-20(17-7-4-10-27(21(17)18)15-19(22)24(30)31)25-11-13-26(14-12-25)23(29)16-5-2-1-3-6-16/h1-3,5-6,8-9,15H,4,7,10-14H2,(H,30,31). The Bertz CT molecular complexity index is 1240. The van der Waals surface area contributed by atoms with E-state index >= 15 is 0 Å². The summed E-state index contributed by atoms with van der Waals surface area (Å²) in [6.07, 6.45) is 3.23. The van der Waals surface area contributed by atoms with Gasteiger partial charge in [0.2, 0.25) is 5.43 Å². The van der Waals surface area contributed by atoms with E-state index in [9.17, 15) is 19.5 Å². The van der Waals surface area contributed by atoms with Crippen LogP contribution >= 0.6 is 0 Å². The molecule has 31 heavy (non-hydrogen) atoms. The second-order valence-electron chi connectivity index (χ2n) is 8.08. The first-order chi connectivity index (χ1) is 15.0. The number of amides is 1. The normalized spacial score (nSPS) is 15.9. The van der Waals surface area contributed by atoms with Crippen molar-refractivity contribution in [2.45, 2.75) is 19.4 Å². The molecule has 1 fully saturated rings. The smallest absolute Gasteiger partial charge is 0.341 e. The molecule has 0 radical (unpaired) electrons. The molecule has 0 unspecified atom stereocenters. The number of aromatic nitrogens is 1. The summed E-state index contributed by atoms with van der Waals surface area (Å²) in [5.74, 6) is -1.14. The number of anilines is 1. The number of carboxylic acids is 1. The fourth-order valence-electron chi connectivity index (χ4n) is 4.77. The first-order valence-corrected chi connectivity index (χ1v) is 10.6. The van der Waals surface area contributed by atoms with E-state index in [4.69, 9.17) is 0 Å². The Morgan fingerprint density at radius 1 is 0.903 bits per heavy atom. The van der Waals surface area contributed by atoms with Gasteiger partial charge in [0, 0.05) is 55.6 Å². The van der Waals surface area contributed by atoms with Crippen LogP contribution in [0.25, 0.3) is 10.9 Å². The Morgan fingerprint density at radius 3 is 2.35 bits per heavy atom. The van der Waals surface area contributed by atoms with Gasteiger partial charge in [-0.2, -0.15) is 0 Å². The van der Waals surface area contributed by atoms with Crippen LogP contribution in [-0.4, -0.2) is 52.6 Å². The van der Waals surface area contributed by atoms with Gasteiger partial charge in [0.1, 0.15) is 5.56 Å². The van der Waals surface area contributed by atoms with Crippen LogP contribution in [0.15, 0.2) is 53.5 Å². The zero-order chi connectivity index (χ0) is 21.5. The van der Waals surface area contributed by atoms with Crippen LogP contribution in [0.1, 0.15) is 32.7 Å². The van der Waals surface area contributed by atoms with E-state index in [0.717, 1.165) is 29.6 Å². The lowest BCUT2D eigenvalue weighted by Crippen LogP contribution is -2.49. The zero-order valence-corrected chi connectivity index (χ0v) is 17.1. The number of carbonyl (C=O) groups is 2. The number of hydrogen-bond donors (Lipinski definition) is 1. The third-order valence-corrected chi connectivity index (χ3v) is 6.30. The van der Waals surface area contributed by atoms with Crippen LogP contribution < -0.4 is 10.3 Å². The lowest BCUT2D eigenvalue weighted by atomic mass is 9.97. The largest absolute Gasteiger partial charge is 0.477 e. The van der Waals surface area contributed by atoms with Gasteiger partial charge < -0.3 is 19.5 Å². The van der Waals surface area contributed by atoms with Crippen molar-refractivity contribution in [3.63, 3.8) is 0 Å². The molecule has 3 heterocycles. The minimum Gasteiger partial charge on any atom is -0.477 e. The highest BCUT2D eigenvalue weighted by Crippen LogP contribution is 2.33. The van der Waals surface area contributed by atoms with E-state index in [2.05, 4.69) is 4.90 Å². The molecule has 5 rings (SSSR count). The summed E-state index contributed by atoms with van der Waals surface area (Å²) in [4.78, 5) is 41.1. The van der Waals surface area contributed by atoms with Gasteiger partial charge in [-0.1, -0.05) is 18.2 Å². The number of benzene rings is 2. The summed E-state index contributed by atoms with van der Waals surface area (Å²) in [6, 6.07) is 13.0. The van der Waals surface area contributed by atoms with Crippen molar-refractivity contribution in [2.24, 2.45) is 0 Å². The maximum absolute atomic E-state index is 12.7. The maximum atomic E-state index is 12.7. The Hall–Kier alpha value is -3.61. The number of nitrogens with zero attached hydrogens (tertiary/aromatic N) is 3. The Balaban J connectivity index is 1.45. The molecule has 0 aliphatic carbocycles. The fourth-order valence-corrected chi connectivity index (χ4v) is 4.77.